The van der Waals surface area contributed by atoms with Crippen LogP contribution in [0.3, 0.4) is 0 Å². The van der Waals surface area contributed by atoms with Crippen molar-refractivity contribution in [3.63, 3.8) is 0 Å². The minimum Gasteiger partial charge on any atom is -0.495 e. The molecule has 1 aromatic carbocycles. The van der Waals surface area contributed by atoms with Crippen molar-refractivity contribution in [1.82, 2.24) is 0 Å². The van der Waals surface area contributed by atoms with Gasteiger partial charge in [0.25, 0.3) is 0 Å². The summed E-state index contributed by atoms with van der Waals surface area (Å²) in [5.74, 6) is 0.898. The van der Waals surface area contributed by atoms with Crippen molar-refractivity contribution >= 4 is 5.69 Å². The summed E-state index contributed by atoms with van der Waals surface area (Å²) in [6, 6.07) is 8.07. The quantitative estimate of drug-likeness (QED) is 0.660. The molecule has 1 aromatic rings. The molecule has 0 aromatic heterocycles. The molecule has 0 saturated heterocycles. The van der Waals surface area contributed by atoms with E-state index in [1.165, 1.54) is 0 Å². The molecule has 0 unspecified atom stereocenters. The van der Waals surface area contributed by atoms with Crippen molar-refractivity contribution < 1.29 is 9.47 Å². The summed E-state index contributed by atoms with van der Waals surface area (Å²) in [6.07, 6.45) is 2.02. The van der Waals surface area contributed by atoms with E-state index in [4.69, 9.17) is 15.2 Å². The molecule has 0 atom stereocenters. The lowest BCUT2D eigenvalue weighted by atomic mass is 10.2. The topological polar surface area (TPSA) is 47.7 Å². The molecule has 0 amide bonds. The Hall–Kier alpha value is -1.26. The average Bonchev–Trinajstić information content (AvgIpc) is 2.46. The van der Waals surface area contributed by atoms with Gasteiger partial charge in [0.15, 0.2) is 0 Å². The molecule has 108 valence electrons. The maximum atomic E-state index is 5.61. The third-order valence-electron chi connectivity index (χ3n) is 2.91. The van der Waals surface area contributed by atoms with E-state index in [0.29, 0.717) is 6.54 Å². The van der Waals surface area contributed by atoms with Crippen molar-refractivity contribution in [2.75, 3.05) is 44.9 Å². The molecule has 0 fully saturated rings. The third kappa shape index (κ3) is 5.49. The third-order valence-corrected chi connectivity index (χ3v) is 2.91. The van der Waals surface area contributed by atoms with Crippen LogP contribution < -0.4 is 15.4 Å². The van der Waals surface area contributed by atoms with Gasteiger partial charge in [-0.1, -0.05) is 19.1 Å². The molecule has 0 heterocycles. The normalized spacial score (nSPS) is 10.5. The van der Waals surface area contributed by atoms with Gasteiger partial charge in [-0.15, -0.1) is 0 Å². The number of hydrogen-bond donors (Lipinski definition) is 1. The van der Waals surface area contributed by atoms with E-state index in [2.05, 4.69) is 17.9 Å². The van der Waals surface area contributed by atoms with Gasteiger partial charge in [-0.2, -0.15) is 0 Å². The second-order valence-electron chi connectivity index (χ2n) is 4.41. The van der Waals surface area contributed by atoms with Crippen LogP contribution in [0, 0.1) is 0 Å². The first-order valence-electron chi connectivity index (χ1n) is 6.99. The van der Waals surface area contributed by atoms with Crippen LogP contribution in [0.1, 0.15) is 19.8 Å². The summed E-state index contributed by atoms with van der Waals surface area (Å²) in [5.41, 5.74) is 6.72. The van der Waals surface area contributed by atoms with Gasteiger partial charge in [0.1, 0.15) is 5.75 Å². The van der Waals surface area contributed by atoms with Gasteiger partial charge in [-0.25, -0.2) is 0 Å². The molecule has 0 aliphatic heterocycles. The summed E-state index contributed by atoms with van der Waals surface area (Å²) in [7, 11) is 1.70. The molecule has 4 heteroatoms. The molecule has 0 aliphatic carbocycles. The summed E-state index contributed by atoms with van der Waals surface area (Å²) in [5, 5.41) is 0. The van der Waals surface area contributed by atoms with Crippen molar-refractivity contribution in [3.05, 3.63) is 24.3 Å². The molecule has 0 aliphatic rings. The van der Waals surface area contributed by atoms with Crippen LogP contribution in [0.15, 0.2) is 24.3 Å². The number of hydrogen-bond acceptors (Lipinski definition) is 4. The zero-order valence-electron chi connectivity index (χ0n) is 12.1. The van der Waals surface area contributed by atoms with Crippen molar-refractivity contribution in [2.45, 2.75) is 19.8 Å². The van der Waals surface area contributed by atoms with E-state index in [-0.39, 0.29) is 0 Å². The first-order valence-corrected chi connectivity index (χ1v) is 6.99. The van der Waals surface area contributed by atoms with Gasteiger partial charge < -0.3 is 20.1 Å². The molecule has 2 N–H and O–H groups in total. The number of ether oxygens (including phenoxy) is 2. The maximum Gasteiger partial charge on any atom is 0.142 e. The standard InChI is InChI=1S/C15H26N2O2/c1-3-12-19-13-11-17(10-6-9-16)14-7-4-5-8-15(14)18-2/h4-5,7-8H,3,6,9-13,16H2,1-2H3. The number of nitrogens with zero attached hydrogens (tertiary/aromatic N) is 1. The van der Waals surface area contributed by atoms with E-state index >= 15 is 0 Å². The molecule has 19 heavy (non-hydrogen) atoms. The SMILES string of the molecule is CCCOCCN(CCCN)c1ccccc1OC. The minimum atomic E-state index is 0.696. The number of anilines is 1. The predicted octanol–water partition coefficient (Wildman–Crippen LogP) is 2.28. The Balaban J connectivity index is 2.65. The first kappa shape index (κ1) is 15.8. The fourth-order valence-corrected chi connectivity index (χ4v) is 1.95. The van der Waals surface area contributed by atoms with E-state index in [1.54, 1.807) is 7.11 Å². The lowest BCUT2D eigenvalue weighted by molar-refractivity contribution is 0.140. The highest BCUT2D eigenvalue weighted by molar-refractivity contribution is 5.58. The first-order chi connectivity index (χ1) is 9.33. The van der Waals surface area contributed by atoms with Gasteiger partial charge in [-0.3, -0.25) is 0 Å². The van der Waals surface area contributed by atoms with E-state index in [1.807, 2.05) is 18.2 Å². The van der Waals surface area contributed by atoms with Crippen LogP contribution >= 0.6 is 0 Å². The Morgan fingerprint density at radius 2 is 1.95 bits per heavy atom. The van der Waals surface area contributed by atoms with Crippen LogP contribution in [0.25, 0.3) is 0 Å². The largest absolute Gasteiger partial charge is 0.495 e. The smallest absolute Gasteiger partial charge is 0.142 e. The molecule has 1 rings (SSSR count). The predicted molar refractivity (Wildman–Crippen MR) is 80.0 cm³/mol. The summed E-state index contributed by atoms with van der Waals surface area (Å²) >= 11 is 0. The maximum absolute atomic E-state index is 5.61. The molecule has 0 radical (unpaired) electrons. The van der Waals surface area contributed by atoms with Crippen LogP contribution in [-0.2, 0) is 4.74 Å². The van der Waals surface area contributed by atoms with E-state index in [0.717, 1.165) is 50.6 Å². The van der Waals surface area contributed by atoms with Crippen molar-refractivity contribution in [3.8, 4) is 5.75 Å². The Labute approximate surface area is 116 Å². The Morgan fingerprint density at radius 3 is 2.63 bits per heavy atom. The average molecular weight is 266 g/mol. The van der Waals surface area contributed by atoms with E-state index < -0.39 is 0 Å². The van der Waals surface area contributed by atoms with Crippen LogP contribution in [0.5, 0.6) is 5.75 Å². The van der Waals surface area contributed by atoms with Gasteiger partial charge in [0.2, 0.25) is 0 Å². The molecule has 4 nitrogen and oxygen atoms in total. The lowest BCUT2D eigenvalue weighted by Gasteiger charge is -2.26. The zero-order valence-corrected chi connectivity index (χ0v) is 12.1. The second kappa shape index (κ2) is 9.64. The fourth-order valence-electron chi connectivity index (χ4n) is 1.95. The Bertz CT molecular complexity index is 345. The highest BCUT2D eigenvalue weighted by atomic mass is 16.5. The van der Waals surface area contributed by atoms with E-state index in [9.17, 15) is 0 Å². The number of para-hydroxylation sites is 2. The fraction of sp³-hybridized carbons (Fsp3) is 0.600. The summed E-state index contributed by atoms with van der Waals surface area (Å²) < 4.78 is 11.0. The number of rotatable bonds is 10. The number of methoxy groups -OCH3 is 1. The van der Waals surface area contributed by atoms with Crippen molar-refractivity contribution in [1.29, 1.82) is 0 Å². The monoisotopic (exact) mass is 266 g/mol. The minimum absolute atomic E-state index is 0.696. The Kier molecular flexibility index (Phi) is 8.02. The number of benzene rings is 1. The zero-order chi connectivity index (χ0) is 13.9. The highest BCUT2D eigenvalue weighted by Gasteiger charge is 2.10. The summed E-state index contributed by atoms with van der Waals surface area (Å²) in [4.78, 5) is 2.28. The van der Waals surface area contributed by atoms with Crippen molar-refractivity contribution in [2.24, 2.45) is 5.73 Å². The van der Waals surface area contributed by atoms with Gasteiger partial charge >= 0.3 is 0 Å². The molecular formula is C15H26N2O2. The van der Waals surface area contributed by atoms with Crippen LogP contribution in [0.4, 0.5) is 5.69 Å². The Morgan fingerprint density at radius 1 is 1.16 bits per heavy atom. The second-order valence-corrected chi connectivity index (χ2v) is 4.41. The molecule has 0 saturated carbocycles. The van der Waals surface area contributed by atoms with Crippen LogP contribution in [-0.4, -0.2) is 40.0 Å². The van der Waals surface area contributed by atoms with Gasteiger partial charge in [0, 0.05) is 19.7 Å². The molecule has 0 spiro atoms. The highest BCUT2D eigenvalue weighted by Crippen LogP contribution is 2.27. The molecule has 0 bridgehead atoms. The van der Waals surface area contributed by atoms with Crippen LogP contribution in [0.2, 0.25) is 0 Å². The summed E-state index contributed by atoms with van der Waals surface area (Å²) in [6.45, 7) is 6.15. The van der Waals surface area contributed by atoms with Gasteiger partial charge in [0.05, 0.1) is 19.4 Å². The lowest BCUT2D eigenvalue weighted by Crippen LogP contribution is -2.30. The van der Waals surface area contributed by atoms with Gasteiger partial charge in [-0.05, 0) is 31.5 Å². The number of nitrogens with two attached hydrogens (primary N) is 1. The molecular weight excluding hydrogens is 240 g/mol.